The van der Waals surface area contributed by atoms with Crippen molar-refractivity contribution in [2.75, 3.05) is 6.61 Å². The van der Waals surface area contributed by atoms with E-state index in [1.807, 2.05) is 18.2 Å². The quantitative estimate of drug-likeness (QED) is 0.760. The van der Waals surface area contributed by atoms with E-state index in [9.17, 15) is 0 Å². The number of hydrogen-bond acceptors (Lipinski definition) is 1. The third-order valence-electron chi connectivity index (χ3n) is 2.17. The molecule has 1 N–H and O–H groups in total. The van der Waals surface area contributed by atoms with Crippen molar-refractivity contribution in [1.29, 1.82) is 0 Å². The van der Waals surface area contributed by atoms with Crippen molar-refractivity contribution in [3.05, 3.63) is 35.9 Å². The summed E-state index contributed by atoms with van der Waals surface area (Å²) in [5.74, 6) is 0. The van der Waals surface area contributed by atoms with E-state index in [2.05, 4.69) is 19.1 Å². The molecule has 0 aliphatic rings. The number of unbranched alkanes of at least 4 members (excludes halogenated alkanes) is 1. The molecule has 1 nitrogen and oxygen atoms in total. The Labute approximate surface area is 97.0 Å². The minimum Gasteiger partial charge on any atom is -0.396 e. The van der Waals surface area contributed by atoms with Gasteiger partial charge in [-0.1, -0.05) is 56.1 Å². The van der Waals surface area contributed by atoms with Crippen molar-refractivity contribution >= 4 is 10.2 Å². The lowest BCUT2D eigenvalue weighted by Crippen LogP contribution is -1.87. The van der Waals surface area contributed by atoms with E-state index in [0.717, 1.165) is 12.8 Å². The number of aliphatic hydroxyl groups excluding tert-OH is 1. The number of hydrogen-bond donors (Lipinski definition) is 1. The van der Waals surface area contributed by atoms with Crippen LogP contribution in [0.2, 0.25) is 6.04 Å². The molecule has 0 aromatic heterocycles. The summed E-state index contributed by atoms with van der Waals surface area (Å²) in [6, 6.07) is 11.7. The molecule has 0 atom stereocenters. The zero-order chi connectivity index (χ0) is 11.4. The second-order valence-electron chi connectivity index (χ2n) is 3.67. The summed E-state index contributed by atoms with van der Waals surface area (Å²) in [6.07, 6.45) is 4.68. The van der Waals surface area contributed by atoms with Crippen molar-refractivity contribution < 1.29 is 5.11 Å². The molecule has 0 aliphatic heterocycles. The topological polar surface area (TPSA) is 20.2 Å². The highest BCUT2D eigenvalue weighted by atomic mass is 28.1. The van der Waals surface area contributed by atoms with Crippen molar-refractivity contribution in [1.82, 2.24) is 0 Å². The Bertz CT molecular complexity index is 209. The molecule has 0 unspecified atom stereocenters. The van der Waals surface area contributed by atoms with E-state index in [1.54, 1.807) is 0 Å². The molecule has 0 spiro atoms. The molecule has 0 saturated heterocycles. The first-order chi connectivity index (χ1) is 7.35. The summed E-state index contributed by atoms with van der Waals surface area (Å²) in [5, 5.41) is 8.53. The van der Waals surface area contributed by atoms with Gasteiger partial charge >= 0.3 is 0 Å². The molecule has 0 saturated carbocycles. The maximum absolute atomic E-state index is 8.53. The van der Waals surface area contributed by atoms with Crippen molar-refractivity contribution in [3.63, 3.8) is 0 Å². The van der Waals surface area contributed by atoms with Gasteiger partial charge in [0.1, 0.15) is 0 Å². The third-order valence-corrected chi connectivity index (χ3v) is 2.88. The largest absolute Gasteiger partial charge is 0.396 e. The van der Waals surface area contributed by atoms with Crippen LogP contribution in [0.5, 0.6) is 0 Å². The molecule has 1 aromatic rings. The first-order valence-electron chi connectivity index (χ1n) is 5.99. The normalized spacial score (nSPS) is 9.47. The Morgan fingerprint density at radius 3 is 2.20 bits per heavy atom. The highest BCUT2D eigenvalue weighted by molar-refractivity contribution is 6.08. The molecule has 15 heavy (non-hydrogen) atoms. The van der Waals surface area contributed by atoms with E-state index in [4.69, 9.17) is 5.11 Å². The summed E-state index contributed by atoms with van der Waals surface area (Å²) in [4.78, 5) is 0. The number of aliphatic hydroxyl groups is 1. The van der Waals surface area contributed by atoms with Gasteiger partial charge in [0.25, 0.3) is 0 Å². The molecule has 1 rings (SSSR count). The Morgan fingerprint density at radius 1 is 1.13 bits per heavy atom. The minimum absolute atomic E-state index is 0.287. The maximum atomic E-state index is 8.53. The fourth-order valence-corrected chi connectivity index (χ4v) is 1.99. The van der Waals surface area contributed by atoms with Crippen LogP contribution in [0, 0.1) is 0 Å². The van der Waals surface area contributed by atoms with Crippen LogP contribution >= 0.6 is 0 Å². The highest BCUT2D eigenvalue weighted by Crippen LogP contribution is 2.00. The molecule has 2 heteroatoms. The van der Waals surface area contributed by atoms with Gasteiger partial charge in [-0.05, 0) is 18.4 Å². The van der Waals surface area contributed by atoms with Crippen molar-refractivity contribution in [2.24, 2.45) is 0 Å². The molecular formula is C13H24OSi. The van der Waals surface area contributed by atoms with Gasteiger partial charge in [-0.2, -0.15) is 0 Å². The van der Waals surface area contributed by atoms with Gasteiger partial charge in [0.15, 0.2) is 0 Å². The smallest absolute Gasteiger partial charge is 0.0434 e. The molecule has 86 valence electrons. The van der Waals surface area contributed by atoms with Crippen molar-refractivity contribution in [2.45, 2.75) is 38.7 Å². The van der Waals surface area contributed by atoms with E-state index >= 15 is 0 Å². The summed E-state index contributed by atoms with van der Waals surface area (Å²) >= 11 is 0. The lowest BCUT2D eigenvalue weighted by molar-refractivity contribution is 0.288. The van der Waals surface area contributed by atoms with Crippen LogP contribution in [0.3, 0.4) is 0 Å². The Balaban J connectivity index is 0.000000336. The average molecular weight is 224 g/mol. The Kier molecular flexibility index (Phi) is 11.0. The molecule has 0 bridgehead atoms. The molecule has 1 aromatic carbocycles. The van der Waals surface area contributed by atoms with Gasteiger partial charge in [0.05, 0.1) is 0 Å². The monoisotopic (exact) mass is 224 g/mol. The zero-order valence-corrected chi connectivity index (χ0v) is 12.1. The fraction of sp³-hybridized carbons (Fsp3) is 0.538. The van der Waals surface area contributed by atoms with Crippen LogP contribution in [-0.2, 0) is 6.42 Å². The van der Waals surface area contributed by atoms with E-state index in [0.29, 0.717) is 0 Å². The predicted molar refractivity (Wildman–Crippen MR) is 71.5 cm³/mol. The SMILES string of the molecule is CCCC[SiH3].OCCCc1ccccc1. The van der Waals surface area contributed by atoms with Crippen LogP contribution in [0.15, 0.2) is 30.3 Å². The Morgan fingerprint density at radius 2 is 1.80 bits per heavy atom. The number of rotatable bonds is 5. The highest BCUT2D eigenvalue weighted by Gasteiger charge is 1.88. The third kappa shape index (κ3) is 9.70. The van der Waals surface area contributed by atoms with Gasteiger partial charge in [-0.15, -0.1) is 0 Å². The summed E-state index contributed by atoms with van der Waals surface area (Å²) < 4.78 is 0. The van der Waals surface area contributed by atoms with E-state index in [-0.39, 0.29) is 6.61 Å². The minimum atomic E-state index is 0.287. The molecule has 0 radical (unpaired) electrons. The van der Waals surface area contributed by atoms with Gasteiger partial charge in [0.2, 0.25) is 0 Å². The van der Waals surface area contributed by atoms with Gasteiger partial charge < -0.3 is 5.11 Å². The molecule has 0 heterocycles. The molecule has 0 amide bonds. The summed E-state index contributed by atoms with van der Waals surface area (Å²) in [7, 11) is 1.40. The van der Waals surface area contributed by atoms with Crippen LogP contribution in [0.1, 0.15) is 31.7 Å². The van der Waals surface area contributed by atoms with Crippen LogP contribution in [-0.4, -0.2) is 22.0 Å². The van der Waals surface area contributed by atoms with Gasteiger partial charge in [-0.3, -0.25) is 0 Å². The lowest BCUT2D eigenvalue weighted by atomic mass is 10.1. The second-order valence-corrected chi connectivity index (χ2v) is 4.67. The van der Waals surface area contributed by atoms with E-state index in [1.165, 1.54) is 34.7 Å². The summed E-state index contributed by atoms with van der Waals surface area (Å²) in [6.45, 7) is 2.52. The number of benzene rings is 1. The molecular weight excluding hydrogens is 200 g/mol. The van der Waals surface area contributed by atoms with Crippen LogP contribution in [0.4, 0.5) is 0 Å². The standard InChI is InChI=1S/C9H12O.C4H12Si/c10-8-4-7-9-5-2-1-3-6-9;1-2-3-4-5/h1-3,5-6,10H,4,7-8H2;2-4H2,1,5H3. The first-order valence-corrected chi connectivity index (χ1v) is 7.41. The zero-order valence-electron chi connectivity index (χ0n) is 10.1. The molecule has 0 fully saturated rings. The Hall–Kier alpha value is -0.603. The van der Waals surface area contributed by atoms with E-state index < -0.39 is 0 Å². The summed E-state index contributed by atoms with van der Waals surface area (Å²) in [5.41, 5.74) is 1.30. The first kappa shape index (κ1) is 14.4. The maximum Gasteiger partial charge on any atom is 0.0434 e. The number of aryl methyl sites for hydroxylation is 1. The van der Waals surface area contributed by atoms with Crippen LogP contribution < -0.4 is 0 Å². The van der Waals surface area contributed by atoms with Gasteiger partial charge in [0, 0.05) is 16.8 Å². The second kappa shape index (κ2) is 11.5. The predicted octanol–water partition coefficient (Wildman–Crippen LogP) is 2.18. The fourth-order valence-electron chi connectivity index (χ4n) is 1.28. The van der Waals surface area contributed by atoms with Crippen molar-refractivity contribution in [3.8, 4) is 0 Å². The van der Waals surface area contributed by atoms with Gasteiger partial charge in [-0.25, -0.2) is 0 Å². The van der Waals surface area contributed by atoms with Crippen LogP contribution in [0.25, 0.3) is 0 Å². The molecule has 0 aliphatic carbocycles. The average Bonchev–Trinajstić information content (AvgIpc) is 2.30. The lowest BCUT2D eigenvalue weighted by Gasteiger charge is -1.96.